The number of likely N-dealkylation sites (N-methyl/N-ethyl adjacent to an activating group) is 1. The van der Waals surface area contributed by atoms with E-state index >= 15 is 0 Å². The van der Waals surface area contributed by atoms with Crippen LogP contribution in [0.3, 0.4) is 0 Å². The highest BCUT2D eigenvalue weighted by Gasteiger charge is 2.09. The lowest BCUT2D eigenvalue weighted by Gasteiger charge is -2.11. The van der Waals surface area contributed by atoms with Gasteiger partial charge < -0.3 is 9.64 Å². The van der Waals surface area contributed by atoms with Gasteiger partial charge in [-0.25, -0.2) is 8.78 Å². The fourth-order valence-corrected chi connectivity index (χ4v) is 1.27. The molecule has 0 aromatic heterocycles. The first-order valence-corrected chi connectivity index (χ1v) is 5.22. The first-order valence-electron chi connectivity index (χ1n) is 4.43. The third kappa shape index (κ3) is 3.76. The van der Waals surface area contributed by atoms with E-state index in [9.17, 15) is 8.78 Å². The highest BCUT2D eigenvalue weighted by Crippen LogP contribution is 2.24. The number of rotatable bonds is 4. The summed E-state index contributed by atoms with van der Waals surface area (Å²) in [5.41, 5.74) is 0. The number of nitrogens with zero attached hydrogens (tertiary/aromatic N) is 1. The second kappa shape index (κ2) is 5.42. The summed E-state index contributed by atoms with van der Waals surface area (Å²) in [4.78, 5) is 1.90. The maximum Gasteiger partial charge on any atom is 0.166 e. The van der Waals surface area contributed by atoms with Crippen molar-refractivity contribution < 1.29 is 13.5 Å². The van der Waals surface area contributed by atoms with Gasteiger partial charge in [0, 0.05) is 12.6 Å². The minimum atomic E-state index is -0.568. The van der Waals surface area contributed by atoms with E-state index in [4.69, 9.17) is 4.74 Å². The molecule has 5 heteroatoms. The first kappa shape index (κ1) is 12.4. The zero-order valence-electron chi connectivity index (χ0n) is 8.56. The summed E-state index contributed by atoms with van der Waals surface area (Å²) >= 11 is 2.89. The fraction of sp³-hybridized carbons (Fsp3) is 0.400. The molecule has 0 saturated heterocycles. The van der Waals surface area contributed by atoms with E-state index in [1.165, 1.54) is 0 Å². The minimum absolute atomic E-state index is 0.0578. The highest BCUT2D eigenvalue weighted by molar-refractivity contribution is 9.10. The van der Waals surface area contributed by atoms with Crippen LogP contribution in [0.4, 0.5) is 8.78 Å². The van der Waals surface area contributed by atoms with Crippen LogP contribution in [0, 0.1) is 11.6 Å². The van der Waals surface area contributed by atoms with Crippen LogP contribution in [-0.2, 0) is 0 Å². The molecule has 1 rings (SSSR count). The van der Waals surface area contributed by atoms with Gasteiger partial charge in [0.1, 0.15) is 12.4 Å². The van der Waals surface area contributed by atoms with Gasteiger partial charge in [0.2, 0.25) is 0 Å². The molecule has 0 fully saturated rings. The second-order valence-corrected chi connectivity index (χ2v) is 4.20. The van der Waals surface area contributed by atoms with E-state index in [0.717, 1.165) is 12.1 Å². The van der Waals surface area contributed by atoms with Crippen molar-refractivity contribution in [2.75, 3.05) is 27.2 Å². The highest BCUT2D eigenvalue weighted by atomic mass is 79.9. The molecule has 0 amide bonds. The second-order valence-electron chi connectivity index (χ2n) is 3.35. The number of hydrogen-bond donors (Lipinski definition) is 0. The van der Waals surface area contributed by atoms with Crippen LogP contribution in [0.5, 0.6) is 5.75 Å². The molecule has 1 aromatic rings. The van der Waals surface area contributed by atoms with E-state index < -0.39 is 11.6 Å². The lowest BCUT2D eigenvalue weighted by atomic mass is 10.3. The molecule has 0 radical (unpaired) electrons. The van der Waals surface area contributed by atoms with Crippen molar-refractivity contribution in [3.8, 4) is 5.75 Å². The molecular formula is C10H12BrF2NO. The molecule has 0 aliphatic carbocycles. The predicted octanol–water partition coefficient (Wildman–Crippen LogP) is 2.67. The number of benzene rings is 1. The van der Waals surface area contributed by atoms with E-state index in [1.54, 1.807) is 0 Å². The summed E-state index contributed by atoms with van der Waals surface area (Å²) in [5, 5.41) is 0. The Hall–Kier alpha value is -0.680. The lowest BCUT2D eigenvalue weighted by molar-refractivity contribution is 0.251. The molecule has 0 heterocycles. The Morgan fingerprint density at radius 1 is 1.27 bits per heavy atom. The van der Waals surface area contributed by atoms with Crippen molar-refractivity contribution in [3.05, 3.63) is 28.2 Å². The molecule has 0 atom stereocenters. The van der Waals surface area contributed by atoms with Gasteiger partial charge >= 0.3 is 0 Å². The third-order valence-corrected chi connectivity index (χ3v) is 2.38. The molecule has 2 nitrogen and oxygen atoms in total. The Bertz CT molecular complexity index is 344. The van der Waals surface area contributed by atoms with Gasteiger partial charge in [-0.05, 0) is 36.1 Å². The molecular weight excluding hydrogens is 268 g/mol. The minimum Gasteiger partial charge on any atom is -0.489 e. The van der Waals surface area contributed by atoms with Crippen LogP contribution in [0.25, 0.3) is 0 Å². The van der Waals surface area contributed by atoms with E-state index in [-0.39, 0.29) is 10.2 Å². The number of hydrogen-bond acceptors (Lipinski definition) is 2. The van der Waals surface area contributed by atoms with Gasteiger partial charge in [-0.1, -0.05) is 0 Å². The molecule has 0 unspecified atom stereocenters. The SMILES string of the molecule is CN(C)CCOc1cc(F)c(Br)cc1F. The summed E-state index contributed by atoms with van der Waals surface area (Å²) in [6.45, 7) is 0.974. The van der Waals surface area contributed by atoms with Gasteiger partial charge in [-0.2, -0.15) is 0 Å². The molecule has 15 heavy (non-hydrogen) atoms. The Kier molecular flexibility index (Phi) is 4.47. The van der Waals surface area contributed by atoms with Crippen molar-refractivity contribution in [2.24, 2.45) is 0 Å². The number of halogens is 3. The van der Waals surface area contributed by atoms with Gasteiger partial charge in [-0.3, -0.25) is 0 Å². The zero-order chi connectivity index (χ0) is 11.4. The van der Waals surface area contributed by atoms with E-state index in [1.807, 2.05) is 19.0 Å². The first-order chi connectivity index (χ1) is 7.00. The van der Waals surface area contributed by atoms with Gasteiger partial charge in [0.05, 0.1) is 4.47 Å². The molecule has 0 aliphatic rings. The summed E-state index contributed by atoms with van der Waals surface area (Å²) in [6.07, 6.45) is 0. The van der Waals surface area contributed by atoms with Gasteiger partial charge in [-0.15, -0.1) is 0 Å². The topological polar surface area (TPSA) is 12.5 Å². The monoisotopic (exact) mass is 279 g/mol. The van der Waals surface area contributed by atoms with Gasteiger partial charge in [0.25, 0.3) is 0 Å². The van der Waals surface area contributed by atoms with Crippen molar-refractivity contribution in [1.82, 2.24) is 4.90 Å². The molecule has 0 saturated carbocycles. The van der Waals surface area contributed by atoms with Crippen LogP contribution in [-0.4, -0.2) is 32.1 Å². The molecule has 0 spiro atoms. The maximum atomic E-state index is 13.2. The average Bonchev–Trinajstić information content (AvgIpc) is 2.13. The normalized spacial score (nSPS) is 10.8. The Balaban J connectivity index is 2.65. The van der Waals surface area contributed by atoms with Crippen LogP contribution >= 0.6 is 15.9 Å². The summed E-state index contributed by atoms with van der Waals surface area (Å²) in [7, 11) is 3.75. The Morgan fingerprint density at radius 2 is 1.93 bits per heavy atom. The lowest BCUT2D eigenvalue weighted by Crippen LogP contribution is -2.19. The van der Waals surface area contributed by atoms with Crippen LogP contribution in [0.1, 0.15) is 0 Å². The van der Waals surface area contributed by atoms with Crippen molar-refractivity contribution in [1.29, 1.82) is 0 Å². The predicted molar refractivity (Wildman–Crippen MR) is 58.1 cm³/mol. The molecule has 0 aliphatic heterocycles. The fourth-order valence-electron chi connectivity index (χ4n) is 0.953. The Labute approximate surface area is 96.0 Å². The van der Waals surface area contributed by atoms with Crippen molar-refractivity contribution >= 4 is 15.9 Å². The summed E-state index contributed by atoms with van der Waals surface area (Å²) < 4.78 is 31.5. The van der Waals surface area contributed by atoms with Crippen molar-refractivity contribution in [3.63, 3.8) is 0 Å². The van der Waals surface area contributed by atoms with Crippen molar-refractivity contribution in [2.45, 2.75) is 0 Å². The largest absolute Gasteiger partial charge is 0.489 e. The molecule has 1 aromatic carbocycles. The van der Waals surface area contributed by atoms with Gasteiger partial charge in [0.15, 0.2) is 11.6 Å². The summed E-state index contributed by atoms with van der Waals surface area (Å²) in [5.74, 6) is -1.16. The molecule has 0 bridgehead atoms. The van der Waals surface area contributed by atoms with Crippen LogP contribution in [0.15, 0.2) is 16.6 Å². The van der Waals surface area contributed by atoms with Crippen LogP contribution < -0.4 is 4.74 Å². The van der Waals surface area contributed by atoms with E-state index in [2.05, 4.69) is 15.9 Å². The van der Waals surface area contributed by atoms with E-state index in [0.29, 0.717) is 13.2 Å². The maximum absolute atomic E-state index is 13.2. The quantitative estimate of drug-likeness (QED) is 0.786. The Morgan fingerprint density at radius 3 is 2.53 bits per heavy atom. The summed E-state index contributed by atoms with van der Waals surface area (Å²) in [6, 6.07) is 2.09. The molecule has 84 valence electrons. The smallest absolute Gasteiger partial charge is 0.166 e. The molecule has 0 N–H and O–H groups in total. The zero-order valence-corrected chi connectivity index (χ0v) is 10.1. The standard InChI is InChI=1S/C10H12BrF2NO/c1-14(2)3-4-15-10-6-8(12)7(11)5-9(10)13/h5-6H,3-4H2,1-2H3. The average molecular weight is 280 g/mol. The number of ether oxygens (including phenoxy) is 1. The third-order valence-electron chi connectivity index (χ3n) is 1.77. The van der Waals surface area contributed by atoms with Crippen LogP contribution in [0.2, 0.25) is 0 Å².